The molecule has 1 aliphatic heterocycles. The number of unbranched alkanes of at least 4 members (excludes halogenated alkanes) is 3. The second kappa shape index (κ2) is 14.7. The van der Waals surface area contributed by atoms with Crippen molar-refractivity contribution in [3.05, 3.63) is 29.8 Å². The van der Waals surface area contributed by atoms with Crippen LogP contribution in [0, 0.1) is 0 Å². The van der Waals surface area contributed by atoms with Crippen molar-refractivity contribution < 1.29 is 17.9 Å². The lowest BCUT2D eigenvalue weighted by atomic mass is 10.1. The molecule has 1 heterocycles. The molecule has 1 saturated heterocycles. The van der Waals surface area contributed by atoms with Crippen molar-refractivity contribution in [1.29, 1.82) is 0 Å². The molecule has 0 bridgehead atoms. The predicted molar refractivity (Wildman–Crippen MR) is 133 cm³/mol. The smallest absolute Gasteiger partial charge is 0.243 e. The quantitative estimate of drug-likeness (QED) is 0.359. The number of amides is 1. The lowest BCUT2D eigenvalue weighted by Gasteiger charge is -2.30. The summed E-state index contributed by atoms with van der Waals surface area (Å²) in [7, 11) is -3.45. The Hall–Kier alpha value is -1.48. The molecular weight excluding hydrogens is 438 g/mol. The van der Waals surface area contributed by atoms with Gasteiger partial charge in [0.2, 0.25) is 15.9 Å². The van der Waals surface area contributed by atoms with Crippen molar-refractivity contribution in [3.63, 3.8) is 0 Å². The van der Waals surface area contributed by atoms with Crippen LogP contribution >= 0.6 is 0 Å². The van der Waals surface area contributed by atoms with Gasteiger partial charge >= 0.3 is 0 Å². The fourth-order valence-electron chi connectivity index (χ4n) is 4.13. The molecule has 0 unspecified atom stereocenters. The van der Waals surface area contributed by atoms with Gasteiger partial charge in [0.25, 0.3) is 0 Å². The third-order valence-corrected chi connectivity index (χ3v) is 8.38. The zero-order valence-corrected chi connectivity index (χ0v) is 21.6. The predicted octanol–water partition coefficient (Wildman–Crippen LogP) is 3.39. The first-order valence-corrected chi connectivity index (χ1v) is 14.0. The second-order valence-corrected chi connectivity index (χ2v) is 10.6. The molecule has 0 aromatic heterocycles. The number of hydrogen-bond acceptors (Lipinski definition) is 5. The molecular formula is C25H43N3O4S. The number of aryl methyl sites for hydroxylation is 1. The van der Waals surface area contributed by atoms with E-state index in [9.17, 15) is 13.2 Å². The fourth-order valence-corrected chi connectivity index (χ4v) is 5.59. The Balaban J connectivity index is 1.92. The minimum absolute atomic E-state index is 0.180. The standard InChI is InChI=1S/C25H43N3O4S/c1-4-7-8-9-16-27(18-17-26-19-21-32-22-20-26)25(29)15-12-23-10-13-24(14-11-23)33(30,31)28(5-2)6-3/h10-11,13-14H,4-9,12,15-22H2,1-3H3. The van der Waals surface area contributed by atoms with Gasteiger partial charge in [-0.2, -0.15) is 4.31 Å². The molecule has 1 amide bonds. The van der Waals surface area contributed by atoms with Crippen LogP contribution in [0.15, 0.2) is 29.2 Å². The Morgan fingerprint density at radius 3 is 2.24 bits per heavy atom. The molecule has 1 aliphatic rings. The van der Waals surface area contributed by atoms with Crippen LogP contribution in [-0.4, -0.2) is 87.5 Å². The first-order chi connectivity index (χ1) is 15.9. The molecule has 1 fully saturated rings. The van der Waals surface area contributed by atoms with Gasteiger partial charge in [-0.1, -0.05) is 52.2 Å². The molecule has 1 aromatic rings. The van der Waals surface area contributed by atoms with Crippen LogP contribution in [0.4, 0.5) is 0 Å². The van der Waals surface area contributed by atoms with E-state index in [2.05, 4.69) is 11.8 Å². The maximum Gasteiger partial charge on any atom is 0.243 e. The molecule has 8 heteroatoms. The minimum atomic E-state index is -3.45. The van der Waals surface area contributed by atoms with E-state index >= 15 is 0 Å². The lowest BCUT2D eigenvalue weighted by molar-refractivity contribution is -0.131. The Bertz CT molecular complexity index is 788. The average molecular weight is 482 g/mol. The number of morpholine rings is 1. The molecule has 0 aliphatic carbocycles. The van der Waals surface area contributed by atoms with E-state index in [1.54, 1.807) is 12.1 Å². The first-order valence-electron chi connectivity index (χ1n) is 12.6. The van der Waals surface area contributed by atoms with Gasteiger partial charge in [-0.3, -0.25) is 9.69 Å². The Morgan fingerprint density at radius 1 is 0.970 bits per heavy atom. The van der Waals surface area contributed by atoms with Gasteiger partial charge in [0.1, 0.15) is 0 Å². The monoisotopic (exact) mass is 481 g/mol. The van der Waals surface area contributed by atoms with Crippen molar-refractivity contribution >= 4 is 15.9 Å². The van der Waals surface area contributed by atoms with Crippen molar-refractivity contribution in [2.24, 2.45) is 0 Å². The molecule has 188 valence electrons. The van der Waals surface area contributed by atoms with Crippen molar-refractivity contribution in [2.75, 3.05) is 59.0 Å². The summed E-state index contributed by atoms with van der Waals surface area (Å²) in [6, 6.07) is 6.99. The van der Waals surface area contributed by atoms with E-state index in [1.165, 1.54) is 17.1 Å². The summed E-state index contributed by atoms with van der Waals surface area (Å²) < 4.78 is 32.2. The van der Waals surface area contributed by atoms with Gasteiger partial charge in [-0.25, -0.2) is 8.42 Å². The number of carbonyl (C=O) groups is 1. The minimum Gasteiger partial charge on any atom is -0.379 e. The van der Waals surface area contributed by atoms with E-state index in [1.807, 2.05) is 30.9 Å². The Labute approximate surface area is 201 Å². The number of benzene rings is 1. The summed E-state index contributed by atoms with van der Waals surface area (Å²) in [5.41, 5.74) is 0.987. The number of rotatable bonds is 15. The summed E-state index contributed by atoms with van der Waals surface area (Å²) in [6.45, 7) is 12.6. The van der Waals surface area contributed by atoms with E-state index < -0.39 is 10.0 Å². The Kier molecular flexibility index (Phi) is 12.4. The molecule has 2 rings (SSSR count). The SMILES string of the molecule is CCCCCCN(CCN1CCOCC1)C(=O)CCc1ccc(S(=O)(=O)N(CC)CC)cc1. The van der Waals surface area contributed by atoms with Crippen LogP contribution in [0.5, 0.6) is 0 Å². The van der Waals surface area contributed by atoms with Crippen LogP contribution in [0.1, 0.15) is 58.4 Å². The van der Waals surface area contributed by atoms with Gasteiger partial charge in [0.15, 0.2) is 0 Å². The second-order valence-electron chi connectivity index (χ2n) is 8.63. The van der Waals surface area contributed by atoms with Crippen LogP contribution in [0.2, 0.25) is 0 Å². The summed E-state index contributed by atoms with van der Waals surface area (Å²) >= 11 is 0. The third-order valence-electron chi connectivity index (χ3n) is 6.32. The zero-order chi connectivity index (χ0) is 24.1. The van der Waals surface area contributed by atoms with Crippen LogP contribution in [-0.2, 0) is 26.0 Å². The molecule has 0 atom stereocenters. The number of nitrogens with zero attached hydrogens (tertiary/aromatic N) is 3. The topological polar surface area (TPSA) is 70.2 Å². The molecule has 0 saturated carbocycles. The maximum atomic E-state index is 13.0. The summed E-state index contributed by atoms with van der Waals surface area (Å²) in [6.07, 6.45) is 5.64. The van der Waals surface area contributed by atoms with Gasteiger partial charge in [0, 0.05) is 52.2 Å². The highest BCUT2D eigenvalue weighted by molar-refractivity contribution is 7.89. The number of sulfonamides is 1. The van der Waals surface area contributed by atoms with E-state index in [0.29, 0.717) is 30.8 Å². The summed E-state index contributed by atoms with van der Waals surface area (Å²) in [5, 5.41) is 0. The summed E-state index contributed by atoms with van der Waals surface area (Å²) in [4.78, 5) is 17.7. The van der Waals surface area contributed by atoms with Crippen LogP contribution in [0.3, 0.4) is 0 Å². The molecule has 0 N–H and O–H groups in total. The first kappa shape index (κ1) is 27.8. The normalized spacial score (nSPS) is 15.2. The third kappa shape index (κ3) is 9.00. The van der Waals surface area contributed by atoms with E-state index in [4.69, 9.17) is 4.74 Å². The van der Waals surface area contributed by atoms with Gasteiger partial charge in [0.05, 0.1) is 18.1 Å². The highest BCUT2D eigenvalue weighted by Gasteiger charge is 2.21. The van der Waals surface area contributed by atoms with Gasteiger partial charge in [-0.15, -0.1) is 0 Å². The lowest BCUT2D eigenvalue weighted by Crippen LogP contribution is -2.43. The van der Waals surface area contributed by atoms with Crippen molar-refractivity contribution in [2.45, 2.75) is 64.2 Å². The number of carbonyl (C=O) groups excluding carboxylic acids is 1. The molecule has 0 spiro atoms. The molecule has 1 aromatic carbocycles. The molecule has 7 nitrogen and oxygen atoms in total. The summed E-state index contributed by atoms with van der Waals surface area (Å²) in [5.74, 6) is 0.180. The van der Waals surface area contributed by atoms with Crippen molar-refractivity contribution in [1.82, 2.24) is 14.1 Å². The van der Waals surface area contributed by atoms with E-state index in [-0.39, 0.29) is 5.91 Å². The average Bonchev–Trinajstić information content (AvgIpc) is 2.83. The number of ether oxygens (including phenoxy) is 1. The largest absolute Gasteiger partial charge is 0.379 e. The zero-order valence-electron chi connectivity index (χ0n) is 20.8. The van der Waals surface area contributed by atoms with Gasteiger partial charge in [-0.05, 0) is 30.5 Å². The molecule has 0 radical (unpaired) electrons. The van der Waals surface area contributed by atoms with Crippen molar-refractivity contribution in [3.8, 4) is 0 Å². The fraction of sp³-hybridized carbons (Fsp3) is 0.720. The molecule has 33 heavy (non-hydrogen) atoms. The maximum absolute atomic E-state index is 13.0. The van der Waals surface area contributed by atoms with Crippen LogP contribution in [0.25, 0.3) is 0 Å². The highest BCUT2D eigenvalue weighted by atomic mass is 32.2. The highest BCUT2D eigenvalue weighted by Crippen LogP contribution is 2.17. The Morgan fingerprint density at radius 2 is 1.64 bits per heavy atom. The van der Waals surface area contributed by atoms with E-state index in [0.717, 1.165) is 64.3 Å². The van der Waals surface area contributed by atoms with Gasteiger partial charge < -0.3 is 9.64 Å². The van der Waals surface area contributed by atoms with Crippen LogP contribution < -0.4 is 0 Å². The number of hydrogen-bond donors (Lipinski definition) is 0.